The van der Waals surface area contributed by atoms with Gasteiger partial charge in [-0.1, -0.05) is 11.6 Å². The molecule has 0 bridgehead atoms. The SMILES string of the molecule is O=c1[nH]cc(S(=O)(=O)N2CCCC(C(F)(F)F)C2)cc1Cl. The Balaban J connectivity index is 2.30. The number of alkyl halides is 3. The third-order valence-electron chi connectivity index (χ3n) is 3.32. The fraction of sp³-hybridized carbons (Fsp3) is 0.545. The van der Waals surface area contributed by atoms with Crippen LogP contribution in [0.3, 0.4) is 0 Å². The van der Waals surface area contributed by atoms with Crippen molar-refractivity contribution >= 4 is 21.6 Å². The second-order valence-electron chi connectivity index (χ2n) is 4.76. The number of piperidine rings is 1. The number of aromatic nitrogens is 1. The van der Waals surface area contributed by atoms with Crippen molar-refractivity contribution in [3.05, 3.63) is 27.6 Å². The average molecular weight is 345 g/mol. The summed E-state index contributed by atoms with van der Waals surface area (Å²) in [7, 11) is -4.12. The van der Waals surface area contributed by atoms with Crippen LogP contribution in [0.25, 0.3) is 0 Å². The van der Waals surface area contributed by atoms with Crippen molar-refractivity contribution in [2.45, 2.75) is 23.9 Å². The third-order valence-corrected chi connectivity index (χ3v) is 5.44. The first-order valence-electron chi connectivity index (χ1n) is 6.07. The highest BCUT2D eigenvalue weighted by Gasteiger charge is 2.44. The molecule has 10 heteroatoms. The number of hydrogen-bond donors (Lipinski definition) is 1. The van der Waals surface area contributed by atoms with Crippen LogP contribution in [0.15, 0.2) is 22.0 Å². The van der Waals surface area contributed by atoms with E-state index in [1.54, 1.807) is 0 Å². The normalized spacial score (nSPS) is 21.4. The topological polar surface area (TPSA) is 70.2 Å². The zero-order valence-corrected chi connectivity index (χ0v) is 12.2. The Labute approximate surface area is 123 Å². The van der Waals surface area contributed by atoms with Crippen molar-refractivity contribution in [2.75, 3.05) is 13.1 Å². The minimum absolute atomic E-state index is 0.00561. The van der Waals surface area contributed by atoms with Crippen LogP contribution >= 0.6 is 11.6 Å². The number of nitrogens with one attached hydrogen (secondary N) is 1. The lowest BCUT2D eigenvalue weighted by Gasteiger charge is -2.32. The summed E-state index contributed by atoms with van der Waals surface area (Å²) in [4.78, 5) is 12.9. The zero-order valence-electron chi connectivity index (χ0n) is 10.7. The van der Waals surface area contributed by atoms with E-state index in [1.165, 1.54) is 0 Å². The number of pyridine rings is 1. The fourth-order valence-corrected chi connectivity index (χ4v) is 3.92. The van der Waals surface area contributed by atoms with Crippen molar-refractivity contribution < 1.29 is 21.6 Å². The molecule has 2 rings (SSSR count). The molecule has 118 valence electrons. The first-order chi connectivity index (χ1) is 9.62. The summed E-state index contributed by atoms with van der Waals surface area (Å²) >= 11 is 5.55. The van der Waals surface area contributed by atoms with Gasteiger partial charge in [0.25, 0.3) is 5.56 Å². The standard InChI is InChI=1S/C11H12ClF3N2O3S/c12-9-4-8(5-16-10(9)18)21(19,20)17-3-1-2-7(6-17)11(13,14)15/h4-5,7H,1-3,6H2,(H,16,18). The van der Waals surface area contributed by atoms with Crippen LogP contribution in [0.4, 0.5) is 13.2 Å². The number of H-pyrrole nitrogens is 1. The van der Waals surface area contributed by atoms with Crippen LogP contribution in [0.2, 0.25) is 5.02 Å². The van der Waals surface area contributed by atoms with Crippen molar-refractivity contribution in [1.82, 2.24) is 9.29 Å². The van der Waals surface area contributed by atoms with E-state index in [0.29, 0.717) is 0 Å². The third kappa shape index (κ3) is 3.41. The van der Waals surface area contributed by atoms with Crippen molar-refractivity contribution in [1.29, 1.82) is 0 Å². The molecule has 0 spiro atoms. The molecule has 1 fully saturated rings. The average Bonchev–Trinajstić information content (AvgIpc) is 2.41. The van der Waals surface area contributed by atoms with Gasteiger partial charge in [0.2, 0.25) is 10.0 Å². The molecule has 1 N–H and O–H groups in total. The van der Waals surface area contributed by atoms with E-state index in [4.69, 9.17) is 11.6 Å². The molecule has 1 atom stereocenters. The molecule has 0 aliphatic carbocycles. The molecule has 0 radical (unpaired) electrons. The number of nitrogens with zero attached hydrogens (tertiary/aromatic N) is 1. The summed E-state index contributed by atoms with van der Waals surface area (Å²) in [6.07, 6.45) is -3.47. The highest BCUT2D eigenvalue weighted by molar-refractivity contribution is 7.89. The van der Waals surface area contributed by atoms with Gasteiger partial charge < -0.3 is 4.98 Å². The maximum Gasteiger partial charge on any atom is 0.393 e. The summed E-state index contributed by atoms with van der Waals surface area (Å²) in [5.74, 6) is -1.68. The Morgan fingerprint density at radius 3 is 2.62 bits per heavy atom. The maximum absolute atomic E-state index is 12.7. The maximum atomic E-state index is 12.7. The van der Waals surface area contributed by atoms with Crippen LogP contribution in [0, 0.1) is 5.92 Å². The van der Waals surface area contributed by atoms with E-state index in [-0.39, 0.29) is 29.3 Å². The summed E-state index contributed by atoms with van der Waals surface area (Å²) in [6, 6.07) is 0.937. The van der Waals surface area contributed by atoms with Gasteiger partial charge in [0.15, 0.2) is 0 Å². The lowest BCUT2D eigenvalue weighted by molar-refractivity contribution is -0.182. The molecule has 1 unspecified atom stereocenters. The molecule has 1 saturated heterocycles. The van der Waals surface area contributed by atoms with Gasteiger partial charge >= 0.3 is 6.18 Å². The Morgan fingerprint density at radius 1 is 1.38 bits per heavy atom. The molecule has 1 aliphatic rings. The summed E-state index contributed by atoms with van der Waals surface area (Å²) in [5, 5.41) is -0.333. The van der Waals surface area contributed by atoms with E-state index >= 15 is 0 Å². The largest absolute Gasteiger partial charge is 0.393 e. The van der Waals surface area contributed by atoms with Crippen LogP contribution in [0.5, 0.6) is 0 Å². The van der Waals surface area contributed by atoms with Gasteiger partial charge in [0, 0.05) is 19.3 Å². The zero-order chi connectivity index (χ0) is 15.8. The fourth-order valence-electron chi connectivity index (χ4n) is 2.16. The van der Waals surface area contributed by atoms with Gasteiger partial charge in [-0.2, -0.15) is 17.5 Å². The molecule has 21 heavy (non-hydrogen) atoms. The van der Waals surface area contributed by atoms with Gasteiger partial charge in [-0.05, 0) is 18.9 Å². The Kier molecular flexibility index (Phi) is 4.36. The van der Waals surface area contributed by atoms with Gasteiger partial charge in [-0.25, -0.2) is 8.42 Å². The molecule has 1 aliphatic heterocycles. The van der Waals surface area contributed by atoms with E-state index in [2.05, 4.69) is 4.98 Å². The summed E-state index contributed by atoms with van der Waals surface area (Å²) in [6.45, 7) is -0.617. The second kappa shape index (κ2) is 5.62. The first kappa shape index (κ1) is 16.3. The van der Waals surface area contributed by atoms with E-state index in [1.807, 2.05) is 0 Å². The van der Waals surface area contributed by atoms with Crippen molar-refractivity contribution in [3.63, 3.8) is 0 Å². The second-order valence-corrected chi connectivity index (χ2v) is 7.10. The van der Waals surface area contributed by atoms with E-state index < -0.39 is 34.2 Å². The van der Waals surface area contributed by atoms with Crippen LogP contribution in [0.1, 0.15) is 12.8 Å². The van der Waals surface area contributed by atoms with Gasteiger partial charge in [0.05, 0.1) is 10.8 Å². The lowest BCUT2D eigenvalue weighted by Crippen LogP contribution is -2.44. The predicted molar refractivity (Wildman–Crippen MR) is 69.6 cm³/mol. The van der Waals surface area contributed by atoms with Crippen molar-refractivity contribution in [2.24, 2.45) is 5.92 Å². The minimum atomic E-state index is -4.43. The smallest absolute Gasteiger partial charge is 0.326 e. The van der Waals surface area contributed by atoms with Crippen LogP contribution in [-0.2, 0) is 10.0 Å². The van der Waals surface area contributed by atoms with Gasteiger partial charge in [0.1, 0.15) is 5.02 Å². The molecule has 2 heterocycles. The minimum Gasteiger partial charge on any atom is -0.326 e. The number of aromatic amines is 1. The number of rotatable bonds is 2. The molecule has 1 aromatic heterocycles. The molecule has 0 amide bonds. The van der Waals surface area contributed by atoms with Crippen molar-refractivity contribution in [3.8, 4) is 0 Å². The van der Waals surface area contributed by atoms with Gasteiger partial charge in [-0.3, -0.25) is 4.79 Å². The quantitative estimate of drug-likeness (QED) is 0.892. The number of sulfonamides is 1. The van der Waals surface area contributed by atoms with Gasteiger partial charge in [-0.15, -0.1) is 0 Å². The van der Waals surface area contributed by atoms with E-state index in [9.17, 15) is 26.4 Å². The van der Waals surface area contributed by atoms with Crippen LogP contribution < -0.4 is 5.56 Å². The first-order valence-corrected chi connectivity index (χ1v) is 7.89. The predicted octanol–water partition coefficient (Wildman–Crippen LogP) is 1.99. The molecular weight excluding hydrogens is 333 g/mol. The Hall–Kier alpha value is -1.06. The number of hydrogen-bond acceptors (Lipinski definition) is 3. The summed E-state index contributed by atoms with van der Waals surface area (Å²) < 4.78 is 63.6. The monoisotopic (exact) mass is 344 g/mol. The molecule has 0 saturated carbocycles. The van der Waals surface area contributed by atoms with Crippen LogP contribution in [-0.4, -0.2) is 37.0 Å². The summed E-state index contributed by atoms with van der Waals surface area (Å²) in [5.41, 5.74) is -0.664. The molecule has 5 nitrogen and oxygen atoms in total. The highest BCUT2D eigenvalue weighted by Crippen LogP contribution is 2.34. The number of halogens is 4. The molecule has 1 aromatic rings. The Bertz CT molecular complexity index is 687. The Morgan fingerprint density at radius 2 is 2.05 bits per heavy atom. The molecular formula is C11H12ClF3N2O3S. The highest BCUT2D eigenvalue weighted by atomic mass is 35.5. The molecule has 0 aromatic carbocycles. The lowest BCUT2D eigenvalue weighted by atomic mass is 9.99. The van der Waals surface area contributed by atoms with E-state index in [0.717, 1.165) is 16.6 Å².